The lowest BCUT2D eigenvalue weighted by atomic mass is 9.98. The molecule has 0 aromatic heterocycles. The first-order valence-electron chi connectivity index (χ1n) is 5.12. The fourth-order valence-electron chi connectivity index (χ4n) is 1.96. The molecular formula is C12H12O4. The molecule has 1 heterocycles. The number of carboxylic acids is 1. The lowest BCUT2D eigenvalue weighted by Gasteiger charge is -2.08. The number of hydrogen-bond acceptors (Lipinski definition) is 3. The molecule has 0 saturated heterocycles. The van der Waals surface area contributed by atoms with Gasteiger partial charge in [-0.15, -0.1) is 0 Å². The average Bonchev–Trinajstić information content (AvgIpc) is 2.54. The summed E-state index contributed by atoms with van der Waals surface area (Å²) in [5, 5.41) is 8.60. The van der Waals surface area contributed by atoms with E-state index in [9.17, 15) is 9.59 Å². The van der Waals surface area contributed by atoms with Crippen LogP contribution in [-0.2, 0) is 9.53 Å². The molecule has 1 N–H and O–H groups in total. The summed E-state index contributed by atoms with van der Waals surface area (Å²) in [4.78, 5) is 22.0. The minimum absolute atomic E-state index is 0.00529. The van der Waals surface area contributed by atoms with Crippen LogP contribution in [0.3, 0.4) is 0 Å². The quantitative estimate of drug-likeness (QED) is 0.792. The van der Waals surface area contributed by atoms with Crippen molar-refractivity contribution < 1.29 is 19.4 Å². The van der Waals surface area contributed by atoms with Gasteiger partial charge in [-0.3, -0.25) is 4.79 Å². The highest BCUT2D eigenvalue weighted by Gasteiger charge is 2.32. The van der Waals surface area contributed by atoms with Crippen molar-refractivity contribution in [1.29, 1.82) is 0 Å². The monoisotopic (exact) mass is 220 g/mol. The van der Waals surface area contributed by atoms with Crippen LogP contribution >= 0.6 is 0 Å². The number of aryl methyl sites for hydroxylation is 1. The Kier molecular flexibility index (Phi) is 2.64. The smallest absolute Gasteiger partial charge is 0.339 e. The van der Waals surface area contributed by atoms with Crippen LogP contribution in [-0.4, -0.2) is 17.0 Å². The number of carbonyl (C=O) groups is 2. The molecule has 1 unspecified atom stereocenters. The zero-order chi connectivity index (χ0) is 11.7. The number of ether oxygens (including phenoxy) is 1. The molecule has 0 fully saturated rings. The Hall–Kier alpha value is -1.84. The van der Waals surface area contributed by atoms with Crippen molar-refractivity contribution in [1.82, 2.24) is 0 Å². The van der Waals surface area contributed by atoms with E-state index in [0.29, 0.717) is 12.0 Å². The van der Waals surface area contributed by atoms with Gasteiger partial charge in [-0.1, -0.05) is 18.2 Å². The molecule has 4 heteroatoms. The van der Waals surface area contributed by atoms with E-state index in [1.165, 1.54) is 0 Å². The third kappa shape index (κ3) is 1.78. The van der Waals surface area contributed by atoms with Gasteiger partial charge in [0.2, 0.25) is 0 Å². The molecule has 4 nitrogen and oxygen atoms in total. The first kappa shape index (κ1) is 10.7. The Balaban J connectivity index is 2.26. The van der Waals surface area contributed by atoms with E-state index in [4.69, 9.17) is 9.84 Å². The number of rotatable bonds is 3. The summed E-state index contributed by atoms with van der Waals surface area (Å²) in [7, 11) is 0. The number of cyclic esters (lactones) is 1. The molecule has 0 aliphatic carbocycles. The minimum atomic E-state index is -0.878. The maximum Gasteiger partial charge on any atom is 0.339 e. The zero-order valence-corrected chi connectivity index (χ0v) is 8.90. The van der Waals surface area contributed by atoms with Crippen LogP contribution in [0, 0.1) is 6.92 Å². The second kappa shape index (κ2) is 3.96. The normalized spacial score (nSPS) is 18.1. The van der Waals surface area contributed by atoms with Gasteiger partial charge in [-0.25, -0.2) is 4.79 Å². The molecular weight excluding hydrogens is 208 g/mol. The van der Waals surface area contributed by atoms with Crippen molar-refractivity contribution in [3.63, 3.8) is 0 Å². The molecule has 1 aliphatic rings. The van der Waals surface area contributed by atoms with Gasteiger partial charge in [0.1, 0.15) is 6.10 Å². The molecule has 1 aliphatic heterocycles. The van der Waals surface area contributed by atoms with E-state index < -0.39 is 12.1 Å². The fourth-order valence-corrected chi connectivity index (χ4v) is 1.96. The standard InChI is InChI=1S/C12H12O4/c1-7-3-2-4-8-9(5-6-10(13)14)16-12(15)11(7)8/h2-4,9H,5-6H2,1H3,(H,13,14). The Labute approximate surface area is 92.8 Å². The molecule has 0 spiro atoms. The fraction of sp³-hybridized carbons (Fsp3) is 0.333. The van der Waals surface area contributed by atoms with Gasteiger partial charge < -0.3 is 9.84 Å². The molecule has 1 aromatic rings. The number of carbonyl (C=O) groups excluding carboxylic acids is 1. The van der Waals surface area contributed by atoms with Gasteiger partial charge >= 0.3 is 11.9 Å². The first-order chi connectivity index (χ1) is 7.59. The predicted molar refractivity (Wildman–Crippen MR) is 56.2 cm³/mol. The second-order valence-corrected chi connectivity index (χ2v) is 3.87. The first-order valence-corrected chi connectivity index (χ1v) is 5.12. The summed E-state index contributed by atoms with van der Waals surface area (Å²) in [6.45, 7) is 1.85. The summed E-state index contributed by atoms with van der Waals surface area (Å²) < 4.78 is 5.16. The van der Waals surface area contributed by atoms with Crippen LogP contribution in [0.1, 0.15) is 40.4 Å². The van der Waals surface area contributed by atoms with Crippen LogP contribution in [0.2, 0.25) is 0 Å². The third-order valence-electron chi connectivity index (χ3n) is 2.73. The third-order valence-corrected chi connectivity index (χ3v) is 2.73. The number of esters is 1. The van der Waals surface area contributed by atoms with Crippen molar-refractivity contribution in [2.45, 2.75) is 25.9 Å². The van der Waals surface area contributed by atoms with E-state index in [0.717, 1.165) is 11.1 Å². The van der Waals surface area contributed by atoms with E-state index in [2.05, 4.69) is 0 Å². The van der Waals surface area contributed by atoms with Crippen molar-refractivity contribution >= 4 is 11.9 Å². The van der Waals surface area contributed by atoms with E-state index >= 15 is 0 Å². The topological polar surface area (TPSA) is 63.6 Å². The molecule has 0 saturated carbocycles. The summed E-state index contributed by atoms with van der Waals surface area (Å²) in [6.07, 6.45) is -0.0680. The van der Waals surface area contributed by atoms with Crippen LogP contribution < -0.4 is 0 Å². The van der Waals surface area contributed by atoms with E-state index in [1.54, 1.807) is 0 Å². The maximum atomic E-state index is 11.6. The molecule has 1 atom stereocenters. The van der Waals surface area contributed by atoms with Gasteiger partial charge in [0, 0.05) is 12.0 Å². The molecule has 1 aromatic carbocycles. The van der Waals surface area contributed by atoms with Crippen LogP contribution in [0.15, 0.2) is 18.2 Å². The lowest BCUT2D eigenvalue weighted by Crippen LogP contribution is -2.02. The molecule has 84 valence electrons. The van der Waals surface area contributed by atoms with Gasteiger partial charge in [-0.2, -0.15) is 0 Å². The lowest BCUT2D eigenvalue weighted by molar-refractivity contribution is -0.137. The molecule has 0 radical (unpaired) electrons. The van der Waals surface area contributed by atoms with Crippen molar-refractivity contribution in [3.05, 3.63) is 34.9 Å². The Morgan fingerprint density at radius 3 is 2.94 bits per heavy atom. The number of carboxylic acid groups (broad SMARTS) is 1. The summed E-state index contributed by atoms with van der Waals surface area (Å²) in [5.41, 5.74) is 2.28. The highest BCUT2D eigenvalue weighted by atomic mass is 16.5. The van der Waals surface area contributed by atoms with Gasteiger partial charge in [-0.05, 0) is 18.9 Å². The highest BCUT2D eigenvalue weighted by molar-refractivity contribution is 5.95. The summed E-state index contributed by atoms with van der Waals surface area (Å²) in [6, 6.07) is 5.52. The molecule has 16 heavy (non-hydrogen) atoms. The number of hydrogen-bond donors (Lipinski definition) is 1. The molecule has 0 amide bonds. The average molecular weight is 220 g/mol. The number of benzene rings is 1. The molecule has 0 bridgehead atoms. The SMILES string of the molecule is Cc1cccc2c1C(=O)OC2CCC(=O)O. The predicted octanol–water partition coefficient (Wildman–Crippen LogP) is 2.07. The Morgan fingerprint density at radius 1 is 1.50 bits per heavy atom. The number of aliphatic carboxylic acids is 1. The van der Waals surface area contributed by atoms with Gasteiger partial charge in [0.05, 0.1) is 5.56 Å². The molecule has 2 rings (SSSR count). The van der Waals surface area contributed by atoms with Gasteiger partial charge in [0.25, 0.3) is 0 Å². The summed E-state index contributed by atoms with van der Waals surface area (Å²) in [5.74, 6) is -1.22. The minimum Gasteiger partial charge on any atom is -0.481 e. The number of fused-ring (bicyclic) bond motifs is 1. The highest BCUT2D eigenvalue weighted by Crippen LogP contribution is 2.35. The van der Waals surface area contributed by atoms with Crippen molar-refractivity contribution in [3.8, 4) is 0 Å². The zero-order valence-electron chi connectivity index (χ0n) is 8.90. The van der Waals surface area contributed by atoms with E-state index in [1.807, 2.05) is 25.1 Å². The maximum absolute atomic E-state index is 11.6. The van der Waals surface area contributed by atoms with Crippen molar-refractivity contribution in [2.75, 3.05) is 0 Å². The Bertz CT molecular complexity index is 450. The summed E-state index contributed by atoms with van der Waals surface area (Å²) >= 11 is 0. The van der Waals surface area contributed by atoms with Crippen molar-refractivity contribution in [2.24, 2.45) is 0 Å². The van der Waals surface area contributed by atoms with Gasteiger partial charge in [0.15, 0.2) is 0 Å². The second-order valence-electron chi connectivity index (χ2n) is 3.87. The van der Waals surface area contributed by atoms with Crippen LogP contribution in [0.4, 0.5) is 0 Å². The Morgan fingerprint density at radius 2 is 2.25 bits per heavy atom. The van der Waals surface area contributed by atoms with Crippen LogP contribution in [0.25, 0.3) is 0 Å². The van der Waals surface area contributed by atoms with E-state index in [-0.39, 0.29) is 12.4 Å². The van der Waals surface area contributed by atoms with Crippen LogP contribution in [0.5, 0.6) is 0 Å². The largest absolute Gasteiger partial charge is 0.481 e.